The van der Waals surface area contributed by atoms with Gasteiger partial charge in [0.25, 0.3) is 0 Å². The third kappa shape index (κ3) is 2.98. The Morgan fingerprint density at radius 1 is 1.58 bits per heavy atom. The maximum absolute atomic E-state index is 12.2. The van der Waals surface area contributed by atoms with Gasteiger partial charge in [-0.2, -0.15) is 0 Å². The number of rotatable bonds is 3. The van der Waals surface area contributed by atoms with Crippen LogP contribution in [-0.4, -0.2) is 42.3 Å². The third-order valence-corrected chi connectivity index (χ3v) is 3.52. The van der Waals surface area contributed by atoms with Gasteiger partial charge in [0.05, 0.1) is 19.8 Å². The number of aliphatic hydroxyl groups is 1. The van der Waals surface area contributed by atoms with E-state index >= 15 is 0 Å². The van der Waals surface area contributed by atoms with Crippen LogP contribution in [0.4, 0.5) is 10.5 Å². The van der Waals surface area contributed by atoms with E-state index in [0.29, 0.717) is 6.54 Å². The van der Waals surface area contributed by atoms with Gasteiger partial charge in [-0.3, -0.25) is 0 Å². The summed E-state index contributed by atoms with van der Waals surface area (Å²) in [5.41, 5.74) is 1.72. The highest BCUT2D eigenvalue weighted by atomic mass is 16.5. The van der Waals surface area contributed by atoms with Crippen LogP contribution in [0.3, 0.4) is 0 Å². The first kappa shape index (κ1) is 13.7. The standard InChI is InChI=1S/C14H20N2O3/c1-10-8-12(19-2)5-6-13(10)15-14(18)16-7-3-4-11(16)9-17/h5-6,8,11,17H,3-4,7,9H2,1-2H3,(H,15,18). The number of hydrogen-bond donors (Lipinski definition) is 2. The number of aryl methyl sites for hydroxylation is 1. The third-order valence-electron chi connectivity index (χ3n) is 3.52. The molecule has 1 aromatic rings. The van der Waals surface area contributed by atoms with Crippen LogP contribution >= 0.6 is 0 Å². The number of nitrogens with one attached hydrogen (secondary N) is 1. The molecule has 1 fully saturated rings. The van der Waals surface area contributed by atoms with E-state index in [1.165, 1.54) is 0 Å². The zero-order valence-electron chi connectivity index (χ0n) is 11.3. The number of carbonyl (C=O) groups excluding carboxylic acids is 1. The molecule has 0 aliphatic carbocycles. The predicted octanol–water partition coefficient (Wildman–Crippen LogP) is 1.99. The van der Waals surface area contributed by atoms with Gasteiger partial charge < -0.3 is 20.1 Å². The Labute approximate surface area is 113 Å². The van der Waals surface area contributed by atoms with Gasteiger partial charge in [0.2, 0.25) is 0 Å². The number of amides is 2. The number of benzene rings is 1. The van der Waals surface area contributed by atoms with Crippen LogP contribution in [0.15, 0.2) is 18.2 Å². The van der Waals surface area contributed by atoms with Gasteiger partial charge in [-0.25, -0.2) is 4.79 Å². The summed E-state index contributed by atoms with van der Waals surface area (Å²) in [4.78, 5) is 13.9. The Hall–Kier alpha value is -1.75. The zero-order valence-corrected chi connectivity index (χ0v) is 11.3. The maximum atomic E-state index is 12.2. The monoisotopic (exact) mass is 264 g/mol. The van der Waals surface area contributed by atoms with E-state index in [0.717, 1.165) is 29.8 Å². The summed E-state index contributed by atoms with van der Waals surface area (Å²) < 4.78 is 5.13. The Kier molecular flexibility index (Phi) is 4.27. The molecular weight excluding hydrogens is 244 g/mol. The van der Waals surface area contributed by atoms with Crippen molar-refractivity contribution in [2.24, 2.45) is 0 Å². The van der Waals surface area contributed by atoms with Gasteiger partial charge in [0.15, 0.2) is 0 Å². The quantitative estimate of drug-likeness (QED) is 0.877. The molecule has 1 aliphatic heterocycles. The number of aliphatic hydroxyl groups excluding tert-OH is 1. The number of methoxy groups -OCH3 is 1. The van der Waals surface area contributed by atoms with Crippen molar-refractivity contribution in [1.29, 1.82) is 0 Å². The molecule has 1 aromatic carbocycles. The normalized spacial score (nSPS) is 18.5. The van der Waals surface area contributed by atoms with Gasteiger partial charge >= 0.3 is 6.03 Å². The van der Waals surface area contributed by atoms with E-state index in [2.05, 4.69) is 5.32 Å². The highest BCUT2D eigenvalue weighted by Crippen LogP contribution is 2.23. The number of carbonyl (C=O) groups is 1. The van der Waals surface area contributed by atoms with Crippen LogP contribution in [0.2, 0.25) is 0 Å². The lowest BCUT2D eigenvalue weighted by molar-refractivity contribution is 0.166. The fourth-order valence-corrected chi connectivity index (χ4v) is 2.38. The molecule has 0 spiro atoms. The van der Waals surface area contributed by atoms with Crippen LogP contribution in [0.1, 0.15) is 18.4 Å². The van der Waals surface area contributed by atoms with Crippen LogP contribution in [0.5, 0.6) is 5.75 Å². The molecule has 0 aromatic heterocycles. The first-order chi connectivity index (χ1) is 9.15. The average Bonchev–Trinajstić information content (AvgIpc) is 2.89. The lowest BCUT2D eigenvalue weighted by Crippen LogP contribution is -2.40. The molecule has 104 valence electrons. The number of hydrogen-bond acceptors (Lipinski definition) is 3. The molecule has 2 amide bonds. The molecule has 19 heavy (non-hydrogen) atoms. The second-order valence-electron chi connectivity index (χ2n) is 4.78. The second kappa shape index (κ2) is 5.93. The molecule has 2 N–H and O–H groups in total. The number of ether oxygens (including phenoxy) is 1. The number of urea groups is 1. The lowest BCUT2D eigenvalue weighted by atomic mass is 10.2. The predicted molar refractivity (Wildman–Crippen MR) is 73.6 cm³/mol. The Bertz CT molecular complexity index is 462. The molecule has 0 radical (unpaired) electrons. The van der Waals surface area contributed by atoms with Crippen LogP contribution in [-0.2, 0) is 0 Å². The molecule has 1 heterocycles. The van der Waals surface area contributed by atoms with Gasteiger partial charge in [-0.15, -0.1) is 0 Å². The molecule has 1 unspecified atom stereocenters. The molecule has 5 nitrogen and oxygen atoms in total. The van der Waals surface area contributed by atoms with Crippen molar-refractivity contribution in [3.8, 4) is 5.75 Å². The number of nitrogens with zero attached hydrogens (tertiary/aromatic N) is 1. The van der Waals surface area contributed by atoms with E-state index in [1.807, 2.05) is 25.1 Å². The Balaban J connectivity index is 2.06. The highest BCUT2D eigenvalue weighted by molar-refractivity contribution is 5.90. The molecular formula is C14H20N2O3. The van der Waals surface area contributed by atoms with Crippen molar-refractivity contribution in [3.63, 3.8) is 0 Å². The smallest absolute Gasteiger partial charge is 0.322 e. The first-order valence-corrected chi connectivity index (χ1v) is 6.49. The summed E-state index contributed by atoms with van der Waals surface area (Å²) in [7, 11) is 1.61. The van der Waals surface area contributed by atoms with Gasteiger partial charge in [-0.05, 0) is 43.5 Å². The molecule has 0 bridgehead atoms. The molecule has 0 saturated carbocycles. The molecule has 2 rings (SSSR count). The minimum atomic E-state index is -0.148. The summed E-state index contributed by atoms with van der Waals surface area (Å²) in [6, 6.07) is 5.32. The lowest BCUT2D eigenvalue weighted by Gasteiger charge is -2.23. The van der Waals surface area contributed by atoms with Crippen molar-refractivity contribution < 1.29 is 14.6 Å². The SMILES string of the molecule is COc1ccc(NC(=O)N2CCCC2CO)c(C)c1. The summed E-state index contributed by atoms with van der Waals surface area (Å²) in [6.45, 7) is 2.65. The fourth-order valence-electron chi connectivity index (χ4n) is 2.38. The molecule has 1 aliphatic rings. The highest BCUT2D eigenvalue weighted by Gasteiger charge is 2.28. The molecule has 1 atom stereocenters. The summed E-state index contributed by atoms with van der Waals surface area (Å²) in [6.07, 6.45) is 1.81. The largest absolute Gasteiger partial charge is 0.497 e. The van der Waals surface area contributed by atoms with Crippen LogP contribution in [0.25, 0.3) is 0 Å². The van der Waals surface area contributed by atoms with Crippen LogP contribution in [0, 0.1) is 6.92 Å². The van der Waals surface area contributed by atoms with Crippen molar-refractivity contribution >= 4 is 11.7 Å². The van der Waals surface area contributed by atoms with Gasteiger partial charge in [-0.1, -0.05) is 0 Å². The Morgan fingerprint density at radius 3 is 3.00 bits per heavy atom. The minimum absolute atomic E-state index is 0.0228. The van der Waals surface area contributed by atoms with E-state index in [9.17, 15) is 9.90 Å². The minimum Gasteiger partial charge on any atom is -0.497 e. The summed E-state index contributed by atoms with van der Waals surface area (Å²) in [5.74, 6) is 0.768. The molecule has 5 heteroatoms. The average molecular weight is 264 g/mol. The summed E-state index contributed by atoms with van der Waals surface area (Å²) in [5, 5.41) is 12.1. The Morgan fingerprint density at radius 2 is 2.37 bits per heavy atom. The number of likely N-dealkylation sites (tertiary alicyclic amines) is 1. The maximum Gasteiger partial charge on any atom is 0.322 e. The number of anilines is 1. The second-order valence-corrected chi connectivity index (χ2v) is 4.78. The van der Waals surface area contributed by atoms with E-state index in [4.69, 9.17) is 4.74 Å². The van der Waals surface area contributed by atoms with E-state index < -0.39 is 0 Å². The van der Waals surface area contributed by atoms with Crippen molar-refractivity contribution in [3.05, 3.63) is 23.8 Å². The first-order valence-electron chi connectivity index (χ1n) is 6.49. The van der Waals surface area contributed by atoms with E-state index in [1.54, 1.807) is 12.0 Å². The zero-order chi connectivity index (χ0) is 13.8. The van der Waals surface area contributed by atoms with E-state index in [-0.39, 0.29) is 18.7 Å². The molecule has 1 saturated heterocycles. The van der Waals surface area contributed by atoms with Crippen molar-refractivity contribution in [2.75, 3.05) is 25.6 Å². The van der Waals surface area contributed by atoms with Gasteiger partial charge in [0, 0.05) is 12.2 Å². The van der Waals surface area contributed by atoms with Crippen molar-refractivity contribution in [1.82, 2.24) is 4.90 Å². The van der Waals surface area contributed by atoms with Crippen LogP contribution < -0.4 is 10.1 Å². The summed E-state index contributed by atoms with van der Waals surface area (Å²) >= 11 is 0. The topological polar surface area (TPSA) is 61.8 Å². The fraction of sp³-hybridized carbons (Fsp3) is 0.500. The van der Waals surface area contributed by atoms with Gasteiger partial charge in [0.1, 0.15) is 5.75 Å². The van der Waals surface area contributed by atoms with Crippen molar-refractivity contribution in [2.45, 2.75) is 25.8 Å².